The molecule has 0 bridgehead atoms. The molecule has 8 aromatic carbocycles. The zero-order valence-corrected chi connectivity index (χ0v) is 33.0. The van der Waals surface area contributed by atoms with Crippen LogP contribution >= 0.6 is 22.7 Å². The fourth-order valence-electron chi connectivity index (χ4n) is 6.55. The third-order valence-corrected chi connectivity index (χ3v) is 17.5. The fourth-order valence-corrected chi connectivity index (χ4v) is 15.4. The monoisotopic (exact) mass is 785 g/mol. The molecule has 0 N–H and O–H groups in total. The molecule has 0 amide bonds. The molecule has 274 valence electrons. The quantitative estimate of drug-likeness (QED) is 0.109. The molecule has 0 atom stereocenters. The van der Waals surface area contributed by atoms with E-state index in [9.17, 15) is 0 Å². The summed E-state index contributed by atoms with van der Waals surface area (Å²) in [5.41, 5.74) is 0. The Balaban J connectivity index is 1.38. The maximum Gasteiger partial charge on any atom is 0.562 e. The highest BCUT2D eigenvalue weighted by Gasteiger charge is 2.39. The highest BCUT2D eigenvalue weighted by atomic mass is 31.2. The van der Waals surface area contributed by atoms with Gasteiger partial charge in [-0.2, -0.15) is 4.52 Å². The molecule has 0 radical (unpaired) electrons. The number of hydrogen-bond donors (Lipinski definition) is 0. The second-order valence-electron chi connectivity index (χ2n) is 12.7. The van der Waals surface area contributed by atoms with E-state index in [0.29, 0.717) is 17.2 Å². The van der Waals surface area contributed by atoms with Crippen molar-refractivity contribution in [3.8, 4) is 23.0 Å². The number of rotatable bonds is 13. The molecule has 0 fully saturated rings. The largest absolute Gasteiger partial charge is 0.562 e. The Labute approximate surface area is 329 Å². The van der Waals surface area contributed by atoms with Crippen LogP contribution in [0.25, 0.3) is 0 Å². The molecule has 0 saturated heterocycles. The molecule has 8 aromatic rings. The number of nitrogens with zero attached hydrogens (tertiary/aromatic N) is 1. The summed E-state index contributed by atoms with van der Waals surface area (Å²) in [6.07, 6.45) is 0. The number of ether oxygens (including phenoxy) is 1. The van der Waals surface area contributed by atoms with Gasteiger partial charge < -0.3 is 13.8 Å². The van der Waals surface area contributed by atoms with Gasteiger partial charge in [0.25, 0.3) is 0 Å². The molecule has 0 heterocycles. The van der Waals surface area contributed by atoms with Crippen LogP contribution in [-0.2, 0) is 4.57 Å². The van der Waals surface area contributed by atoms with Crippen LogP contribution in [0.15, 0.2) is 235 Å². The van der Waals surface area contributed by atoms with Crippen LogP contribution in [0.3, 0.4) is 0 Å². The van der Waals surface area contributed by atoms with Gasteiger partial charge in [-0.15, -0.1) is 0 Å². The molecule has 0 unspecified atom stereocenters. The van der Waals surface area contributed by atoms with Crippen LogP contribution in [0, 0.1) is 0 Å². The summed E-state index contributed by atoms with van der Waals surface area (Å²) in [5, 5.41) is 5.98. The average Bonchev–Trinajstić information content (AvgIpc) is 3.26. The first-order valence-corrected chi connectivity index (χ1v) is 22.8. The van der Waals surface area contributed by atoms with Crippen molar-refractivity contribution in [3.63, 3.8) is 0 Å². The number of benzene rings is 8. The first-order valence-electron chi connectivity index (χ1n) is 18.2. The van der Waals surface area contributed by atoms with E-state index in [1.807, 2.05) is 146 Å². The van der Waals surface area contributed by atoms with Crippen LogP contribution in [0.5, 0.6) is 23.0 Å². The predicted octanol–water partition coefficient (Wildman–Crippen LogP) is 11.0. The summed E-state index contributed by atoms with van der Waals surface area (Å²) in [6.45, 7) is 0. The lowest BCUT2D eigenvalue weighted by Gasteiger charge is -2.30. The van der Waals surface area contributed by atoms with E-state index < -0.39 is 22.7 Å². The van der Waals surface area contributed by atoms with E-state index in [1.54, 1.807) is 24.3 Å². The highest BCUT2D eigenvalue weighted by Crippen LogP contribution is 2.62. The van der Waals surface area contributed by atoms with Crippen molar-refractivity contribution in [2.75, 3.05) is 0 Å². The van der Waals surface area contributed by atoms with Gasteiger partial charge in [0.15, 0.2) is 0 Å². The third kappa shape index (κ3) is 8.18. The van der Waals surface area contributed by atoms with Crippen molar-refractivity contribution in [1.82, 2.24) is 0 Å². The Morgan fingerprint density at radius 1 is 0.393 bits per heavy atom. The van der Waals surface area contributed by atoms with Gasteiger partial charge in [0, 0.05) is 21.2 Å². The Kier molecular flexibility index (Phi) is 11.4. The number of hydrogen-bond acceptors (Lipinski definition) is 4. The van der Waals surface area contributed by atoms with Crippen molar-refractivity contribution >= 4 is 54.5 Å². The molecule has 0 aliphatic heterocycles. The first-order chi connectivity index (χ1) is 27.6. The number of para-hydroxylation sites is 4. The molecular formula is C48H38NO4P3. The Hall–Kier alpha value is -5.95. The zero-order chi connectivity index (χ0) is 38.0. The summed E-state index contributed by atoms with van der Waals surface area (Å²) in [4.78, 5) is 0. The minimum atomic E-state index is -4.37. The van der Waals surface area contributed by atoms with E-state index >= 15 is 4.57 Å². The van der Waals surface area contributed by atoms with Crippen LogP contribution in [0.2, 0.25) is 0 Å². The van der Waals surface area contributed by atoms with Gasteiger partial charge in [-0.25, -0.2) is 4.57 Å². The van der Waals surface area contributed by atoms with Crippen LogP contribution in [0.4, 0.5) is 0 Å². The smallest absolute Gasteiger partial charge is 0.456 e. The van der Waals surface area contributed by atoms with Crippen molar-refractivity contribution < 1.29 is 18.3 Å². The van der Waals surface area contributed by atoms with Gasteiger partial charge in [0.2, 0.25) is 0 Å². The topological polar surface area (TPSA) is 57.1 Å². The van der Waals surface area contributed by atoms with Gasteiger partial charge in [0.1, 0.15) is 23.0 Å². The second kappa shape index (κ2) is 17.2. The minimum Gasteiger partial charge on any atom is -0.456 e. The van der Waals surface area contributed by atoms with E-state index in [4.69, 9.17) is 18.3 Å². The van der Waals surface area contributed by atoms with Crippen LogP contribution in [-0.4, -0.2) is 0 Å². The predicted molar refractivity (Wildman–Crippen MR) is 235 cm³/mol. The maximum atomic E-state index is 15.6. The van der Waals surface area contributed by atoms with Crippen LogP contribution < -0.4 is 45.6 Å². The van der Waals surface area contributed by atoms with Crippen molar-refractivity contribution in [3.05, 3.63) is 231 Å². The average molecular weight is 786 g/mol. The van der Waals surface area contributed by atoms with Gasteiger partial charge in [0.05, 0.1) is 7.05 Å². The molecule has 0 aromatic heterocycles. The zero-order valence-electron chi connectivity index (χ0n) is 30.4. The van der Waals surface area contributed by atoms with Crippen molar-refractivity contribution in [2.45, 2.75) is 0 Å². The van der Waals surface area contributed by atoms with Gasteiger partial charge in [-0.3, -0.25) is 0 Å². The van der Waals surface area contributed by atoms with E-state index in [-0.39, 0.29) is 0 Å². The summed E-state index contributed by atoms with van der Waals surface area (Å²) in [7, 11) is -8.64. The lowest BCUT2D eigenvalue weighted by atomic mass is 10.3. The van der Waals surface area contributed by atoms with Gasteiger partial charge >= 0.3 is 7.75 Å². The van der Waals surface area contributed by atoms with Crippen LogP contribution in [0.1, 0.15) is 0 Å². The summed E-state index contributed by atoms with van der Waals surface area (Å²) < 4.78 is 41.0. The first kappa shape index (κ1) is 37.0. The summed E-state index contributed by atoms with van der Waals surface area (Å²) in [5.74, 6) is 2.07. The molecule has 0 aliphatic rings. The molecule has 0 saturated carbocycles. The molecule has 0 aliphatic carbocycles. The Bertz CT molecular complexity index is 2470. The Morgan fingerprint density at radius 2 is 0.768 bits per heavy atom. The molecule has 0 spiro atoms. The lowest BCUT2D eigenvalue weighted by molar-refractivity contribution is 0.388. The third-order valence-electron chi connectivity index (χ3n) is 9.00. The minimum absolute atomic E-state index is 0.378. The molecule has 8 rings (SSSR count). The Morgan fingerprint density at radius 3 is 1.25 bits per heavy atom. The summed E-state index contributed by atoms with van der Waals surface area (Å²) >= 11 is 0. The molecular weight excluding hydrogens is 747 g/mol. The SMILES string of the molecule is O=P(N=P(c1ccccc1)(c1ccccc1)c1ccccc1Oc1ccccc1P(c1ccccc1)c1ccccc1)(Oc1ccccc1)Oc1ccccc1. The lowest BCUT2D eigenvalue weighted by Crippen LogP contribution is -2.27. The fraction of sp³-hybridized carbons (Fsp3) is 0. The highest BCUT2D eigenvalue weighted by molar-refractivity contribution is 7.90. The second-order valence-corrected chi connectivity index (χ2v) is 19.7. The maximum absolute atomic E-state index is 15.6. The van der Waals surface area contributed by atoms with Crippen molar-refractivity contribution in [1.29, 1.82) is 0 Å². The van der Waals surface area contributed by atoms with E-state index in [0.717, 1.165) is 27.0 Å². The van der Waals surface area contributed by atoms with E-state index in [1.165, 1.54) is 10.6 Å². The van der Waals surface area contributed by atoms with Gasteiger partial charge in [-0.1, -0.05) is 188 Å². The molecule has 8 heteroatoms. The van der Waals surface area contributed by atoms with Gasteiger partial charge in [-0.05, 0) is 61.0 Å². The van der Waals surface area contributed by atoms with E-state index in [2.05, 4.69) is 60.7 Å². The normalized spacial score (nSPS) is 11.4. The molecule has 5 nitrogen and oxygen atoms in total. The van der Waals surface area contributed by atoms with Crippen molar-refractivity contribution in [2.24, 2.45) is 4.52 Å². The molecule has 56 heavy (non-hydrogen) atoms. The standard InChI is InChI=1S/C48H38NO4P3/c50-56(52-39-23-7-1-8-24-39,53-40-25-9-2-10-26-40)49-55(43-31-15-5-16-32-43,44-33-17-6-18-34-44)48-38-22-20-36-46(48)51-45-35-19-21-37-47(45)54(41-27-11-3-12-28-41)42-29-13-4-14-30-42/h1-38H. The summed E-state index contributed by atoms with van der Waals surface area (Å²) in [6, 6.07) is 75.5.